The molecule has 1 aliphatic heterocycles. The van der Waals surface area contributed by atoms with Crippen molar-refractivity contribution in [3.05, 3.63) is 63.9 Å². The van der Waals surface area contributed by atoms with Crippen LogP contribution in [0.25, 0.3) is 0 Å². The molecule has 2 aromatic carbocycles. The van der Waals surface area contributed by atoms with Crippen molar-refractivity contribution in [2.75, 3.05) is 26.2 Å². The number of carbonyl (C=O) groups is 1. The minimum atomic E-state index is -0.277. The van der Waals surface area contributed by atoms with Crippen LogP contribution in [0.1, 0.15) is 29.5 Å². The Morgan fingerprint density at radius 2 is 1.90 bits per heavy atom. The maximum Gasteiger partial charge on any atom is 0.223 e. The van der Waals surface area contributed by atoms with Crippen molar-refractivity contribution in [3.8, 4) is 5.75 Å². The predicted octanol–water partition coefficient (Wildman–Crippen LogP) is 4.50. The van der Waals surface area contributed by atoms with Gasteiger partial charge in [0.05, 0.1) is 6.54 Å². The lowest BCUT2D eigenvalue weighted by Gasteiger charge is -2.31. The van der Waals surface area contributed by atoms with Crippen LogP contribution >= 0.6 is 11.6 Å². The third-order valence-electron chi connectivity index (χ3n) is 5.27. The number of aryl methyl sites for hydroxylation is 2. The number of nitrogens with zero attached hydrogens (tertiary/aromatic N) is 1. The van der Waals surface area contributed by atoms with Crippen LogP contribution in [0.5, 0.6) is 5.75 Å². The van der Waals surface area contributed by atoms with Gasteiger partial charge >= 0.3 is 0 Å². The molecule has 156 valence electrons. The summed E-state index contributed by atoms with van der Waals surface area (Å²) in [6, 6.07) is 10.8. The van der Waals surface area contributed by atoms with Crippen LogP contribution in [-0.4, -0.2) is 37.0 Å². The van der Waals surface area contributed by atoms with Gasteiger partial charge in [-0.1, -0.05) is 23.7 Å². The number of rotatable bonds is 7. The lowest BCUT2D eigenvalue weighted by Crippen LogP contribution is -2.41. The number of hydrogen-bond donors (Lipinski definition) is 1. The third-order valence-corrected chi connectivity index (χ3v) is 5.62. The summed E-state index contributed by atoms with van der Waals surface area (Å²) in [4.78, 5) is 14.6. The topological polar surface area (TPSA) is 41.6 Å². The fraction of sp³-hybridized carbons (Fsp3) is 0.435. The summed E-state index contributed by atoms with van der Waals surface area (Å²) >= 11 is 6.12. The van der Waals surface area contributed by atoms with E-state index in [4.69, 9.17) is 16.3 Å². The molecule has 0 spiro atoms. The van der Waals surface area contributed by atoms with E-state index in [0.29, 0.717) is 30.3 Å². The first kappa shape index (κ1) is 21.6. The third kappa shape index (κ3) is 6.18. The lowest BCUT2D eigenvalue weighted by atomic mass is 9.95. The molecule has 1 saturated heterocycles. The van der Waals surface area contributed by atoms with Crippen LogP contribution in [0.3, 0.4) is 0 Å². The number of halogens is 2. The molecule has 0 radical (unpaired) electrons. The Labute approximate surface area is 177 Å². The average Bonchev–Trinajstić information content (AvgIpc) is 2.68. The molecule has 0 aromatic heterocycles. The lowest BCUT2D eigenvalue weighted by molar-refractivity contribution is -0.126. The van der Waals surface area contributed by atoms with Crippen LogP contribution < -0.4 is 10.1 Å². The Morgan fingerprint density at radius 3 is 2.55 bits per heavy atom. The molecule has 1 heterocycles. The first-order chi connectivity index (χ1) is 13.9. The summed E-state index contributed by atoms with van der Waals surface area (Å²) in [7, 11) is 0. The van der Waals surface area contributed by atoms with Crippen molar-refractivity contribution in [1.29, 1.82) is 0 Å². The zero-order chi connectivity index (χ0) is 20.8. The highest BCUT2D eigenvalue weighted by Crippen LogP contribution is 2.24. The normalized spacial score (nSPS) is 15.3. The van der Waals surface area contributed by atoms with E-state index in [0.717, 1.165) is 42.8 Å². The van der Waals surface area contributed by atoms with Gasteiger partial charge < -0.3 is 10.1 Å². The van der Waals surface area contributed by atoms with Crippen molar-refractivity contribution < 1.29 is 13.9 Å². The molecule has 29 heavy (non-hydrogen) atoms. The molecule has 6 heteroatoms. The van der Waals surface area contributed by atoms with Crippen LogP contribution in [0.2, 0.25) is 5.02 Å². The second-order valence-electron chi connectivity index (χ2n) is 7.71. The largest absolute Gasteiger partial charge is 0.492 e. The number of piperidine rings is 1. The molecule has 0 aliphatic carbocycles. The molecule has 0 atom stereocenters. The molecule has 4 nitrogen and oxygen atoms in total. The van der Waals surface area contributed by atoms with Crippen molar-refractivity contribution in [2.45, 2.75) is 33.2 Å². The van der Waals surface area contributed by atoms with E-state index < -0.39 is 0 Å². The zero-order valence-electron chi connectivity index (χ0n) is 17.0. The van der Waals surface area contributed by atoms with Crippen LogP contribution in [-0.2, 0) is 11.3 Å². The van der Waals surface area contributed by atoms with Gasteiger partial charge in [0.2, 0.25) is 5.91 Å². The Morgan fingerprint density at radius 1 is 1.21 bits per heavy atom. The van der Waals surface area contributed by atoms with Gasteiger partial charge in [-0.05, 0) is 75.2 Å². The quantitative estimate of drug-likeness (QED) is 0.673. The fourth-order valence-corrected chi connectivity index (χ4v) is 3.99. The number of likely N-dealkylation sites (tertiary alicyclic amines) is 1. The van der Waals surface area contributed by atoms with Crippen LogP contribution in [0.15, 0.2) is 36.4 Å². The minimum Gasteiger partial charge on any atom is -0.492 e. The Kier molecular flexibility index (Phi) is 7.51. The monoisotopic (exact) mass is 418 g/mol. The fourth-order valence-electron chi connectivity index (χ4n) is 3.76. The van der Waals surface area contributed by atoms with Crippen molar-refractivity contribution in [2.24, 2.45) is 5.92 Å². The summed E-state index contributed by atoms with van der Waals surface area (Å²) in [5, 5.41) is 3.42. The first-order valence-corrected chi connectivity index (χ1v) is 10.4. The maximum atomic E-state index is 14.0. The number of carbonyl (C=O) groups excluding carboxylic acids is 1. The Hall–Kier alpha value is -2.11. The molecule has 0 bridgehead atoms. The van der Waals surface area contributed by atoms with E-state index in [-0.39, 0.29) is 17.6 Å². The summed E-state index contributed by atoms with van der Waals surface area (Å²) in [5.41, 5.74) is 2.85. The van der Waals surface area contributed by atoms with E-state index in [1.54, 1.807) is 12.1 Å². The van der Waals surface area contributed by atoms with Crippen molar-refractivity contribution in [1.82, 2.24) is 10.2 Å². The van der Waals surface area contributed by atoms with E-state index >= 15 is 0 Å². The number of amides is 1. The van der Waals surface area contributed by atoms with Crippen molar-refractivity contribution in [3.63, 3.8) is 0 Å². The van der Waals surface area contributed by atoms with Crippen molar-refractivity contribution >= 4 is 17.5 Å². The zero-order valence-corrected chi connectivity index (χ0v) is 17.8. The molecular formula is C23H28ClFN2O2. The Bertz CT molecular complexity index is 810. The highest BCUT2D eigenvalue weighted by molar-refractivity contribution is 6.31. The summed E-state index contributed by atoms with van der Waals surface area (Å²) < 4.78 is 19.7. The molecule has 0 unspecified atom stereocenters. The van der Waals surface area contributed by atoms with Gasteiger partial charge in [0.25, 0.3) is 0 Å². The maximum absolute atomic E-state index is 14.0. The van der Waals surface area contributed by atoms with Gasteiger partial charge in [-0.3, -0.25) is 9.69 Å². The SMILES string of the molecule is Cc1cc(C)cc(OCCNC(=O)C2CCN(Cc3c(F)cccc3Cl)CC2)c1. The molecule has 3 rings (SSSR count). The first-order valence-electron chi connectivity index (χ1n) is 10.1. The number of nitrogens with one attached hydrogen (secondary N) is 1. The van der Waals surface area contributed by atoms with Gasteiger partial charge in [-0.25, -0.2) is 4.39 Å². The van der Waals surface area contributed by atoms with E-state index in [1.165, 1.54) is 6.07 Å². The Balaban J connectivity index is 1.38. The van der Waals surface area contributed by atoms with Crippen LogP contribution in [0, 0.1) is 25.6 Å². The second kappa shape index (κ2) is 10.1. The summed E-state index contributed by atoms with van der Waals surface area (Å²) in [6.07, 6.45) is 1.52. The molecule has 2 aromatic rings. The van der Waals surface area contributed by atoms with Gasteiger partial charge in [-0.15, -0.1) is 0 Å². The molecule has 1 aliphatic rings. The molecule has 1 amide bonds. The van der Waals surface area contributed by atoms with Gasteiger partial charge in [0.1, 0.15) is 18.2 Å². The van der Waals surface area contributed by atoms with E-state index in [1.807, 2.05) is 26.0 Å². The van der Waals surface area contributed by atoms with Gasteiger partial charge in [0.15, 0.2) is 0 Å². The van der Waals surface area contributed by atoms with E-state index in [9.17, 15) is 9.18 Å². The van der Waals surface area contributed by atoms with Gasteiger partial charge in [0, 0.05) is 23.0 Å². The second-order valence-corrected chi connectivity index (χ2v) is 8.12. The highest BCUT2D eigenvalue weighted by Gasteiger charge is 2.25. The standard InChI is InChI=1S/C23H28ClFN2O2/c1-16-12-17(2)14-19(13-16)29-11-8-26-23(28)18-6-9-27(10-7-18)15-20-21(24)4-3-5-22(20)25/h3-5,12-14,18H,6-11,15H2,1-2H3,(H,26,28). The summed E-state index contributed by atoms with van der Waals surface area (Å²) in [5.74, 6) is 0.610. The number of benzene rings is 2. The highest BCUT2D eigenvalue weighted by atomic mass is 35.5. The van der Waals surface area contributed by atoms with Gasteiger partial charge in [-0.2, -0.15) is 0 Å². The molecule has 0 saturated carbocycles. The smallest absolute Gasteiger partial charge is 0.223 e. The van der Waals surface area contributed by atoms with E-state index in [2.05, 4.69) is 16.3 Å². The molecule has 1 fully saturated rings. The number of ether oxygens (including phenoxy) is 1. The number of hydrogen-bond acceptors (Lipinski definition) is 3. The summed E-state index contributed by atoms with van der Waals surface area (Å²) in [6.45, 7) is 6.98. The minimum absolute atomic E-state index is 0.0106. The molecule has 1 N–H and O–H groups in total. The van der Waals surface area contributed by atoms with Crippen LogP contribution in [0.4, 0.5) is 4.39 Å². The molecular weight excluding hydrogens is 391 g/mol. The predicted molar refractivity (Wildman–Crippen MR) is 114 cm³/mol. The average molecular weight is 419 g/mol.